The van der Waals surface area contributed by atoms with Crippen LogP contribution in [0, 0.1) is 0 Å². The monoisotopic (exact) mass is 262 g/mol. The van der Waals surface area contributed by atoms with Gasteiger partial charge in [0.15, 0.2) is 0 Å². The van der Waals surface area contributed by atoms with Crippen LogP contribution in [0.5, 0.6) is 0 Å². The number of carboxylic acids is 1. The Kier molecular flexibility index (Phi) is 7.78. The molecule has 1 unspecified atom stereocenters. The van der Waals surface area contributed by atoms with Crippen molar-refractivity contribution < 1.29 is 14.7 Å². The Morgan fingerprint density at radius 2 is 2.00 bits per heavy atom. The first kappa shape index (κ1) is 16.1. The van der Waals surface area contributed by atoms with Crippen molar-refractivity contribution in [3.63, 3.8) is 0 Å². The van der Waals surface area contributed by atoms with Gasteiger partial charge in [-0.1, -0.05) is 0 Å². The van der Waals surface area contributed by atoms with Crippen LogP contribution >= 0.6 is 11.8 Å². The van der Waals surface area contributed by atoms with Crippen molar-refractivity contribution in [3.8, 4) is 0 Å². The van der Waals surface area contributed by atoms with Gasteiger partial charge in [0.25, 0.3) is 0 Å². The van der Waals surface area contributed by atoms with Crippen molar-refractivity contribution in [1.82, 2.24) is 9.80 Å². The van der Waals surface area contributed by atoms with E-state index >= 15 is 0 Å². The van der Waals surface area contributed by atoms with Crippen LogP contribution in [-0.2, 0) is 4.79 Å². The highest BCUT2D eigenvalue weighted by atomic mass is 32.2. The minimum Gasteiger partial charge on any atom is -0.481 e. The van der Waals surface area contributed by atoms with Gasteiger partial charge in [-0.15, -0.1) is 0 Å². The van der Waals surface area contributed by atoms with Crippen LogP contribution in [-0.4, -0.2) is 65.1 Å². The first-order chi connectivity index (χ1) is 7.93. The number of nitrogens with zero attached hydrogens (tertiary/aromatic N) is 2. The molecule has 0 saturated heterocycles. The fourth-order valence-electron chi connectivity index (χ4n) is 1.54. The lowest BCUT2D eigenvalue weighted by molar-refractivity contribution is -0.138. The maximum Gasteiger partial charge on any atom is 0.320 e. The zero-order valence-electron chi connectivity index (χ0n) is 11.0. The largest absolute Gasteiger partial charge is 0.481 e. The standard InChI is InChI=1S/C11H22N2O3S/c1-5-13(9(2)8-10(14)15)11(16)12(3)6-7-17-4/h9H,5-8H2,1-4H3,(H,14,15). The summed E-state index contributed by atoms with van der Waals surface area (Å²) in [4.78, 5) is 25.9. The Labute approximate surface area is 107 Å². The molecule has 0 aromatic rings. The molecule has 0 aromatic carbocycles. The topological polar surface area (TPSA) is 60.9 Å². The van der Waals surface area contributed by atoms with Crippen LogP contribution in [0.3, 0.4) is 0 Å². The average molecular weight is 262 g/mol. The smallest absolute Gasteiger partial charge is 0.320 e. The summed E-state index contributed by atoms with van der Waals surface area (Å²) in [6.07, 6.45) is 1.97. The highest BCUT2D eigenvalue weighted by Gasteiger charge is 2.23. The summed E-state index contributed by atoms with van der Waals surface area (Å²) in [5.74, 6) is 0.00290. The summed E-state index contributed by atoms with van der Waals surface area (Å²) >= 11 is 1.68. The predicted octanol–water partition coefficient (Wildman–Crippen LogP) is 1.59. The van der Waals surface area contributed by atoms with Crippen LogP contribution in [0.2, 0.25) is 0 Å². The number of carboxylic acid groups (broad SMARTS) is 1. The van der Waals surface area contributed by atoms with Gasteiger partial charge >= 0.3 is 12.0 Å². The van der Waals surface area contributed by atoms with Crippen molar-refractivity contribution in [1.29, 1.82) is 0 Å². The third-order valence-corrected chi connectivity index (χ3v) is 3.14. The van der Waals surface area contributed by atoms with E-state index in [1.54, 1.807) is 35.5 Å². The van der Waals surface area contributed by atoms with Crippen LogP contribution in [0.15, 0.2) is 0 Å². The van der Waals surface area contributed by atoms with E-state index in [1.165, 1.54) is 0 Å². The van der Waals surface area contributed by atoms with Crippen LogP contribution in [0.25, 0.3) is 0 Å². The number of urea groups is 1. The van der Waals surface area contributed by atoms with E-state index < -0.39 is 5.97 Å². The summed E-state index contributed by atoms with van der Waals surface area (Å²) in [7, 11) is 1.74. The molecular weight excluding hydrogens is 240 g/mol. The zero-order valence-corrected chi connectivity index (χ0v) is 11.8. The maximum absolute atomic E-state index is 12.1. The Morgan fingerprint density at radius 1 is 1.41 bits per heavy atom. The molecule has 5 nitrogen and oxygen atoms in total. The Balaban J connectivity index is 4.42. The highest BCUT2D eigenvalue weighted by Crippen LogP contribution is 2.08. The molecule has 0 aromatic heterocycles. The molecule has 0 heterocycles. The van der Waals surface area contributed by atoms with Gasteiger partial charge in [0.1, 0.15) is 0 Å². The van der Waals surface area contributed by atoms with Gasteiger partial charge in [-0.2, -0.15) is 11.8 Å². The molecule has 0 rings (SSSR count). The van der Waals surface area contributed by atoms with Gasteiger partial charge in [-0.05, 0) is 20.1 Å². The lowest BCUT2D eigenvalue weighted by atomic mass is 10.2. The van der Waals surface area contributed by atoms with E-state index in [-0.39, 0.29) is 18.5 Å². The van der Waals surface area contributed by atoms with Crippen molar-refractivity contribution in [3.05, 3.63) is 0 Å². The molecule has 0 bridgehead atoms. The molecule has 0 aliphatic heterocycles. The summed E-state index contributed by atoms with van der Waals surface area (Å²) < 4.78 is 0. The second-order valence-corrected chi connectivity index (χ2v) is 4.92. The lowest BCUT2D eigenvalue weighted by Crippen LogP contribution is -2.47. The molecule has 0 fully saturated rings. The Hall–Kier alpha value is -0.910. The SMILES string of the molecule is CCN(C(=O)N(C)CCSC)C(C)CC(=O)O. The third-order valence-electron chi connectivity index (χ3n) is 2.55. The third kappa shape index (κ3) is 5.81. The van der Waals surface area contributed by atoms with Crippen molar-refractivity contribution in [2.75, 3.05) is 32.1 Å². The first-order valence-electron chi connectivity index (χ1n) is 5.66. The summed E-state index contributed by atoms with van der Waals surface area (Å²) in [6.45, 7) is 4.82. The van der Waals surface area contributed by atoms with E-state index in [1.807, 2.05) is 13.2 Å². The number of carbonyl (C=O) groups excluding carboxylic acids is 1. The van der Waals surface area contributed by atoms with E-state index in [2.05, 4.69) is 0 Å². The second-order valence-electron chi connectivity index (χ2n) is 3.93. The highest BCUT2D eigenvalue weighted by molar-refractivity contribution is 7.98. The van der Waals surface area contributed by atoms with Crippen LogP contribution in [0.4, 0.5) is 4.79 Å². The Morgan fingerprint density at radius 3 is 2.41 bits per heavy atom. The lowest BCUT2D eigenvalue weighted by Gasteiger charge is -2.31. The average Bonchev–Trinajstić information content (AvgIpc) is 2.25. The number of hydrogen-bond acceptors (Lipinski definition) is 3. The van der Waals surface area contributed by atoms with Crippen LogP contribution in [0.1, 0.15) is 20.3 Å². The molecule has 6 heteroatoms. The number of carbonyl (C=O) groups is 2. The number of amides is 2. The van der Waals surface area contributed by atoms with Gasteiger partial charge in [0.05, 0.1) is 6.42 Å². The molecule has 0 aliphatic carbocycles. The molecular formula is C11H22N2O3S. The molecule has 0 aliphatic rings. The molecule has 17 heavy (non-hydrogen) atoms. The maximum atomic E-state index is 12.1. The van der Waals surface area contributed by atoms with Gasteiger partial charge in [-0.25, -0.2) is 4.79 Å². The fourth-order valence-corrected chi connectivity index (χ4v) is 2.00. The van der Waals surface area contributed by atoms with Gasteiger partial charge in [0.2, 0.25) is 0 Å². The quantitative estimate of drug-likeness (QED) is 0.757. The minimum atomic E-state index is -0.879. The molecule has 0 radical (unpaired) electrons. The number of thioether (sulfide) groups is 1. The van der Waals surface area contributed by atoms with E-state index in [9.17, 15) is 9.59 Å². The number of rotatable bonds is 7. The number of hydrogen-bond donors (Lipinski definition) is 1. The summed E-state index contributed by atoms with van der Waals surface area (Å²) in [5, 5.41) is 8.74. The Bertz CT molecular complexity index is 261. The molecule has 1 atom stereocenters. The number of aliphatic carboxylic acids is 1. The van der Waals surface area contributed by atoms with E-state index in [4.69, 9.17) is 5.11 Å². The van der Waals surface area contributed by atoms with Crippen LogP contribution < -0.4 is 0 Å². The first-order valence-corrected chi connectivity index (χ1v) is 7.05. The van der Waals surface area contributed by atoms with Gasteiger partial charge in [0, 0.05) is 31.9 Å². The van der Waals surface area contributed by atoms with E-state index in [0.29, 0.717) is 13.1 Å². The second kappa shape index (κ2) is 8.22. The minimum absolute atomic E-state index is 0.0179. The zero-order chi connectivity index (χ0) is 13.4. The van der Waals surface area contributed by atoms with Crippen molar-refractivity contribution >= 4 is 23.8 Å². The molecule has 100 valence electrons. The van der Waals surface area contributed by atoms with Crippen molar-refractivity contribution in [2.45, 2.75) is 26.3 Å². The van der Waals surface area contributed by atoms with Crippen molar-refractivity contribution in [2.24, 2.45) is 0 Å². The molecule has 0 saturated carbocycles. The fraction of sp³-hybridized carbons (Fsp3) is 0.818. The predicted molar refractivity (Wildman–Crippen MR) is 70.5 cm³/mol. The summed E-state index contributed by atoms with van der Waals surface area (Å²) in [6, 6.07) is -0.378. The summed E-state index contributed by atoms with van der Waals surface area (Å²) in [5.41, 5.74) is 0. The van der Waals surface area contributed by atoms with Gasteiger partial charge in [-0.3, -0.25) is 4.79 Å². The molecule has 1 N–H and O–H groups in total. The molecule has 0 spiro atoms. The normalized spacial score (nSPS) is 12.0. The van der Waals surface area contributed by atoms with E-state index in [0.717, 1.165) is 5.75 Å². The molecule has 2 amide bonds. The van der Waals surface area contributed by atoms with Gasteiger partial charge < -0.3 is 14.9 Å².